The summed E-state index contributed by atoms with van der Waals surface area (Å²) >= 11 is 0. The van der Waals surface area contributed by atoms with E-state index in [1.54, 1.807) is 0 Å². The van der Waals surface area contributed by atoms with Gasteiger partial charge in [-0.2, -0.15) is 0 Å². The molecular weight excluding hydrogens is 222 g/mol. The van der Waals surface area contributed by atoms with Crippen LogP contribution in [0, 0.1) is 17.8 Å². The summed E-state index contributed by atoms with van der Waals surface area (Å²) in [5.41, 5.74) is 1.24. The molecule has 2 nitrogen and oxygen atoms in total. The van der Waals surface area contributed by atoms with Crippen LogP contribution >= 0.6 is 0 Å². The number of aromatic nitrogens is 1. The lowest BCUT2D eigenvalue weighted by molar-refractivity contribution is 0.0661. The molecule has 4 atom stereocenters. The monoisotopic (exact) mass is 247 g/mol. The van der Waals surface area contributed by atoms with Gasteiger partial charge in [-0.15, -0.1) is 0 Å². The lowest BCUT2D eigenvalue weighted by Crippen LogP contribution is -2.35. The predicted octanol–water partition coefficient (Wildman–Crippen LogP) is 3.70. The number of aliphatic hydroxyl groups excluding tert-OH is 1. The van der Waals surface area contributed by atoms with E-state index in [-0.39, 0.29) is 0 Å². The van der Waals surface area contributed by atoms with Crippen LogP contribution in [0.1, 0.15) is 56.6 Å². The van der Waals surface area contributed by atoms with Crippen LogP contribution in [0.2, 0.25) is 0 Å². The smallest absolute Gasteiger partial charge is 0.0516 e. The second kappa shape index (κ2) is 5.48. The van der Waals surface area contributed by atoms with Gasteiger partial charge in [-0.3, -0.25) is 0 Å². The van der Waals surface area contributed by atoms with Crippen molar-refractivity contribution < 1.29 is 5.11 Å². The van der Waals surface area contributed by atoms with E-state index < -0.39 is 0 Å². The molecule has 2 aliphatic rings. The highest BCUT2D eigenvalue weighted by molar-refractivity contribution is 5.12. The van der Waals surface area contributed by atoms with Crippen molar-refractivity contribution in [2.45, 2.75) is 50.9 Å². The maximum atomic E-state index is 9.82. The number of hydrogen-bond acceptors (Lipinski definition) is 1. The molecule has 0 saturated heterocycles. The Bertz CT molecular complexity index is 357. The van der Waals surface area contributed by atoms with Gasteiger partial charge in [0, 0.05) is 17.8 Å². The first-order valence-electron chi connectivity index (χ1n) is 7.64. The normalized spacial score (nSPS) is 33.9. The molecule has 3 rings (SSSR count). The average molecular weight is 247 g/mol. The fraction of sp³-hybridized carbons (Fsp3) is 0.750. The first-order valence-corrected chi connectivity index (χ1v) is 7.64. The molecule has 100 valence electrons. The van der Waals surface area contributed by atoms with Crippen molar-refractivity contribution in [3.8, 4) is 0 Å². The van der Waals surface area contributed by atoms with Gasteiger partial charge in [0.15, 0.2) is 0 Å². The minimum absolute atomic E-state index is 0.300. The zero-order valence-corrected chi connectivity index (χ0v) is 11.1. The first-order chi connectivity index (χ1) is 8.90. The zero-order chi connectivity index (χ0) is 12.4. The van der Waals surface area contributed by atoms with Crippen LogP contribution in [0.15, 0.2) is 18.3 Å². The van der Waals surface area contributed by atoms with Gasteiger partial charge in [0.05, 0.1) is 6.61 Å². The van der Waals surface area contributed by atoms with Crippen LogP contribution in [-0.2, 0) is 0 Å². The lowest BCUT2D eigenvalue weighted by Gasteiger charge is -2.44. The molecule has 2 aliphatic carbocycles. The Balaban J connectivity index is 1.80. The van der Waals surface area contributed by atoms with Gasteiger partial charge >= 0.3 is 0 Å². The second-order valence-corrected chi connectivity index (χ2v) is 6.22. The van der Waals surface area contributed by atoms with Gasteiger partial charge in [0.2, 0.25) is 0 Å². The van der Waals surface area contributed by atoms with E-state index >= 15 is 0 Å². The predicted molar refractivity (Wildman–Crippen MR) is 73.4 cm³/mol. The lowest BCUT2D eigenvalue weighted by atomic mass is 9.62. The van der Waals surface area contributed by atoms with Crippen LogP contribution in [0.5, 0.6) is 0 Å². The third kappa shape index (κ3) is 2.23. The quantitative estimate of drug-likeness (QED) is 0.839. The summed E-state index contributed by atoms with van der Waals surface area (Å²) in [7, 11) is 0. The summed E-state index contributed by atoms with van der Waals surface area (Å²) in [6.45, 7) is 0.300. The van der Waals surface area contributed by atoms with Crippen LogP contribution in [0.3, 0.4) is 0 Å². The van der Waals surface area contributed by atoms with Crippen molar-refractivity contribution in [2.24, 2.45) is 17.8 Å². The highest BCUT2D eigenvalue weighted by Gasteiger charge is 2.39. The van der Waals surface area contributed by atoms with Crippen LogP contribution in [-0.4, -0.2) is 16.7 Å². The Hall–Kier alpha value is -0.760. The third-order valence-electron chi connectivity index (χ3n) is 5.37. The van der Waals surface area contributed by atoms with Crippen molar-refractivity contribution in [2.75, 3.05) is 6.61 Å². The highest BCUT2D eigenvalue weighted by atomic mass is 16.3. The Labute approximate surface area is 110 Å². The minimum atomic E-state index is 0.300. The number of aromatic amines is 1. The van der Waals surface area contributed by atoms with E-state index in [1.165, 1.54) is 50.6 Å². The van der Waals surface area contributed by atoms with Gasteiger partial charge in [-0.05, 0) is 42.7 Å². The number of aliphatic hydroxyl groups is 1. The molecule has 0 spiro atoms. The van der Waals surface area contributed by atoms with Gasteiger partial charge < -0.3 is 10.1 Å². The fourth-order valence-corrected chi connectivity index (χ4v) is 4.53. The Morgan fingerprint density at radius 2 is 2.00 bits per heavy atom. The van der Waals surface area contributed by atoms with Crippen molar-refractivity contribution in [3.05, 3.63) is 24.0 Å². The maximum Gasteiger partial charge on any atom is 0.0516 e. The topological polar surface area (TPSA) is 36.0 Å². The second-order valence-electron chi connectivity index (χ2n) is 6.22. The van der Waals surface area contributed by atoms with E-state index in [2.05, 4.69) is 17.1 Å². The summed E-state index contributed by atoms with van der Waals surface area (Å²) in [6.07, 6.45) is 11.8. The van der Waals surface area contributed by atoms with Crippen molar-refractivity contribution in [3.63, 3.8) is 0 Å². The maximum absolute atomic E-state index is 9.82. The van der Waals surface area contributed by atoms with Crippen molar-refractivity contribution in [1.82, 2.24) is 4.98 Å². The van der Waals surface area contributed by atoms with E-state index in [9.17, 15) is 5.11 Å². The molecule has 1 heterocycles. The summed E-state index contributed by atoms with van der Waals surface area (Å²) in [5, 5.41) is 9.82. The molecule has 2 saturated carbocycles. The highest BCUT2D eigenvalue weighted by Crippen LogP contribution is 2.48. The zero-order valence-electron chi connectivity index (χ0n) is 11.1. The Morgan fingerprint density at radius 1 is 1.17 bits per heavy atom. The Kier molecular flexibility index (Phi) is 3.74. The number of rotatable bonds is 3. The standard InChI is InChI=1S/C16H25NO/c18-11-15(16-9-4-10-17-16)14-8-3-6-12-5-1-2-7-13(12)14/h4,9-10,12-15,17-18H,1-3,5-8,11H2. The van der Waals surface area contributed by atoms with E-state index in [1.807, 2.05) is 6.20 Å². The molecule has 2 N–H and O–H groups in total. The van der Waals surface area contributed by atoms with E-state index in [0.29, 0.717) is 18.4 Å². The molecule has 2 heteroatoms. The fourth-order valence-electron chi connectivity index (χ4n) is 4.53. The molecule has 2 fully saturated rings. The molecule has 0 radical (unpaired) electrons. The van der Waals surface area contributed by atoms with Gasteiger partial charge in [0.1, 0.15) is 0 Å². The molecule has 0 amide bonds. The van der Waals surface area contributed by atoms with E-state index in [0.717, 1.165) is 11.8 Å². The minimum Gasteiger partial charge on any atom is -0.396 e. The molecule has 0 bridgehead atoms. The number of fused-ring (bicyclic) bond motifs is 1. The van der Waals surface area contributed by atoms with Crippen LogP contribution in [0.25, 0.3) is 0 Å². The van der Waals surface area contributed by atoms with E-state index in [4.69, 9.17) is 0 Å². The summed E-state index contributed by atoms with van der Waals surface area (Å²) in [4.78, 5) is 3.32. The van der Waals surface area contributed by atoms with Gasteiger partial charge in [0.25, 0.3) is 0 Å². The van der Waals surface area contributed by atoms with Crippen LogP contribution < -0.4 is 0 Å². The van der Waals surface area contributed by atoms with Crippen molar-refractivity contribution >= 4 is 0 Å². The summed E-state index contributed by atoms with van der Waals surface area (Å²) in [5.74, 6) is 2.85. The molecule has 1 aromatic rings. The average Bonchev–Trinajstić information content (AvgIpc) is 2.94. The van der Waals surface area contributed by atoms with Gasteiger partial charge in [-0.25, -0.2) is 0 Å². The molecule has 0 aliphatic heterocycles. The largest absolute Gasteiger partial charge is 0.396 e. The molecule has 0 aromatic carbocycles. The molecular formula is C16H25NO. The number of H-pyrrole nitrogens is 1. The van der Waals surface area contributed by atoms with Gasteiger partial charge in [-0.1, -0.05) is 32.1 Å². The molecule has 18 heavy (non-hydrogen) atoms. The number of nitrogens with one attached hydrogen (secondary N) is 1. The summed E-state index contributed by atoms with van der Waals surface area (Å²) in [6, 6.07) is 4.20. The molecule has 1 aromatic heterocycles. The van der Waals surface area contributed by atoms with Crippen LogP contribution in [0.4, 0.5) is 0 Å². The van der Waals surface area contributed by atoms with Crippen molar-refractivity contribution in [1.29, 1.82) is 0 Å². The Morgan fingerprint density at radius 3 is 2.78 bits per heavy atom. The summed E-state index contributed by atoms with van der Waals surface area (Å²) < 4.78 is 0. The molecule has 4 unspecified atom stereocenters. The third-order valence-corrected chi connectivity index (χ3v) is 5.37. The number of hydrogen-bond donors (Lipinski definition) is 2. The SMILES string of the molecule is OCC(c1ccc[nH]1)C1CCCC2CCCCC21. The first kappa shape index (κ1) is 12.3.